The van der Waals surface area contributed by atoms with Gasteiger partial charge in [0.2, 0.25) is 5.91 Å². The van der Waals surface area contributed by atoms with E-state index in [1.807, 2.05) is 24.3 Å². The predicted molar refractivity (Wildman–Crippen MR) is 88.4 cm³/mol. The number of aliphatic carboxylic acids is 1. The van der Waals surface area contributed by atoms with E-state index in [9.17, 15) is 9.59 Å². The van der Waals surface area contributed by atoms with E-state index < -0.39 is 5.97 Å². The summed E-state index contributed by atoms with van der Waals surface area (Å²) in [6.45, 7) is 0.400. The first-order valence-electron chi connectivity index (χ1n) is 7.29. The van der Waals surface area contributed by atoms with E-state index in [1.165, 1.54) is 10.9 Å². The molecule has 24 heavy (non-hydrogen) atoms. The van der Waals surface area contributed by atoms with Crippen LogP contribution < -0.4 is 10.1 Å². The minimum Gasteiger partial charge on any atom is -0.494 e. The summed E-state index contributed by atoms with van der Waals surface area (Å²) in [5.41, 5.74) is 0.509. The lowest BCUT2D eigenvalue weighted by Crippen LogP contribution is -2.23. The maximum atomic E-state index is 11.7. The Kier molecular flexibility index (Phi) is 6.74. The molecule has 8 nitrogen and oxygen atoms in total. The van der Waals surface area contributed by atoms with Crippen molar-refractivity contribution in [2.24, 2.45) is 0 Å². The van der Waals surface area contributed by atoms with Crippen molar-refractivity contribution in [3.05, 3.63) is 40.6 Å². The molecule has 0 saturated heterocycles. The van der Waals surface area contributed by atoms with Gasteiger partial charge in [-0.25, -0.2) is 4.68 Å². The molecule has 0 aliphatic carbocycles. The molecule has 1 aromatic heterocycles. The van der Waals surface area contributed by atoms with Crippen LogP contribution in [0.15, 0.2) is 34.9 Å². The van der Waals surface area contributed by atoms with Crippen molar-refractivity contribution in [3.63, 3.8) is 0 Å². The first-order chi connectivity index (χ1) is 11.5. The molecule has 0 bridgehead atoms. The third-order valence-corrected chi connectivity index (χ3v) is 3.46. The zero-order chi connectivity index (χ0) is 17.4. The second kappa shape index (κ2) is 9.02. The van der Waals surface area contributed by atoms with Crippen LogP contribution in [0.4, 0.5) is 0 Å². The van der Waals surface area contributed by atoms with Crippen molar-refractivity contribution in [2.75, 3.05) is 6.61 Å². The summed E-state index contributed by atoms with van der Waals surface area (Å²) in [5, 5.41) is 18.8. The van der Waals surface area contributed by atoms with Crippen LogP contribution in [0.1, 0.15) is 18.5 Å². The second-order valence-electron chi connectivity index (χ2n) is 4.99. The number of carbonyl (C=O) groups excluding carboxylic acids is 1. The van der Waals surface area contributed by atoms with E-state index in [0.29, 0.717) is 25.1 Å². The molecule has 0 atom stereocenters. The van der Waals surface area contributed by atoms with Crippen molar-refractivity contribution < 1.29 is 19.4 Å². The largest absolute Gasteiger partial charge is 0.494 e. The molecule has 1 aromatic carbocycles. The van der Waals surface area contributed by atoms with Gasteiger partial charge >= 0.3 is 5.97 Å². The highest BCUT2D eigenvalue weighted by molar-refractivity contribution is 9.10. The Morgan fingerprint density at radius 2 is 2.21 bits per heavy atom. The fourth-order valence-electron chi connectivity index (χ4n) is 1.89. The lowest BCUT2D eigenvalue weighted by atomic mass is 10.3. The van der Waals surface area contributed by atoms with Gasteiger partial charge in [-0.3, -0.25) is 9.59 Å². The number of carboxylic acid groups (broad SMARTS) is 1. The Morgan fingerprint density at radius 3 is 2.96 bits per heavy atom. The summed E-state index contributed by atoms with van der Waals surface area (Å²) in [6.07, 6.45) is 2.41. The van der Waals surface area contributed by atoms with Gasteiger partial charge in [0.15, 0.2) is 0 Å². The smallest absolute Gasteiger partial charge is 0.325 e. The highest BCUT2D eigenvalue weighted by atomic mass is 79.9. The van der Waals surface area contributed by atoms with Crippen LogP contribution in [0.3, 0.4) is 0 Å². The average molecular weight is 397 g/mol. The van der Waals surface area contributed by atoms with Gasteiger partial charge in [-0.2, -0.15) is 0 Å². The average Bonchev–Trinajstić information content (AvgIpc) is 2.96. The van der Waals surface area contributed by atoms with Gasteiger partial charge in [-0.15, -0.1) is 5.10 Å². The molecule has 2 rings (SSSR count). The molecule has 1 heterocycles. The zero-order valence-electron chi connectivity index (χ0n) is 12.8. The topological polar surface area (TPSA) is 106 Å². The first kappa shape index (κ1) is 17.9. The number of carboxylic acids is 1. The van der Waals surface area contributed by atoms with Crippen LogP contribution in [-0.4, -0.2) is 38.6 Å². The maximum Gasteiger partial charge on any atom is 0.325 e. The van der Waals surface area contributed by atoms with Gasteiger partial charge in [0.1, 0.15) is 18.0 Å². The molecule has 1 amide bonds. The van der Waals surface area contributed by atoms with Crippen LogP contribution in [0.2, 0.25) is 0 Å². The number of rotatable bonds is 9. The summed E-state index contributed by atoms with van der Waals surface area (Å²) >= 11 is 3.36. The fourth-order valence-corrected chi connectivity index (χ4v) is 2.27. The summed E-state index contributed by atoms with van der Waals surface area (Å²) < 4.78 is 7.69. The lowest BCUT2D eigenvalue weighted by Gasteiger charge is -2.06. The SMILES string of the molecule is O=C(O)Cn1cc(CNC(=O)CCCOc2cccc(Br)c2)nn1. The van der Waals surface area contributed by atoms with Crippen molar-refractivity contribution >= 4 is 27.8 Å². The summed E-state index contributed by atoms with van der Waals surface area (Å²) in [6, 6.07) is 7.50. The van der Waals surface area contributed by atoms with E-state index >= 15 is 0 Å². The molecular formula is C15H17BrN4O4. The number of hydrogen-bond donors (Lipinski definition) is 2. The van der Waals surface area contributed by atoms with Crippen molar-refractivity contribution in [3.8, 4) is 5.75 Å². The number of hydrogen-bond acceptors (Lipinski definition) is 5. The van der Waals surface area contributed by atoms with Gasteiger partial charge in [-0.1, -0.05) is 27.2 Å². The highest BCUT2D eigenvalue weighted by Crippen LogP contribution is 2.17. The monoisotopic (exact) mass is 396 g/mol. The first-order valence-corrected chi connectivity index (χ1v) is 8.08. The number of benzene rings is 1. The molecule has 0 aliphatic rings. The third kappa shape index (κ3) is 6.37. The maximum absolute atomic E-state index is 11.7. The van der Waals surface area contributed by atoms with Crippen molar-refractivity contribution in [1.82, 2.24) is 20.3 Å². The number of nitrogens with one attached hydrogen (secondary N) is 1. The number of halogens is 1. The van der Waals surface area contributed by atoms with Gasteiger partial charge in [0, 0.05) is 10.9 Å². The van der Waals surface area contributed by atoms with Gasteiger partial charge in [0.05, 0.1) is 19.3 Å². The third-order valence-electron chi connectivity index (χ3n) is 2.96. The van der Waals surface area contributed by atoms with Crippen LogP contribution in [-0.2, 0) is 22.7 Å². The quantitative estimate of drug-likeness (QED) is 0.623. The fraction of sp³-hybridized carbons (Fsp3) is 0.333. The Hall–Kier alpha value is -2.42. The lowest BCUT2D eigenvalue weighted by molar-refractivity contribution is -0.138. The number of aromatic nitrogens is 3. The molecular weight excluding hydrogens is 380 g/mol. The predicted octanol–water partition coefficient (Wildman–Crippen LogP) is 1.60. The summed E-state index contributed by atoms with van der Waals surface area (Å²) in [7, 11) is 0. The number of ether oxygens (including phenoxy) is 1. The van der Waals surface area contributed by atoms with Crippen molar-refractivity contribution in [2.45, 2.75) is 25.9 Å². The normalized spacial score (nSPS) is 10.4. The van der Waals surface area contributed by atoms with E-state index in [4.69, 9.17) is 9.84 Å². The number of nitrogens with zero attached hydrogens (tertiary/aromatic N) is 3. The summed E-state index contributed by atoms with van der Waals surface area (Å²) in [4.78, 5) is 22.3. The minimum absolute atomic E-state index is 0.124. The molecule has 0 unspecified atom stereocenters. The molecule has 0 spiro atoms. The Labute approximate surface area is 146 Å². The van der Waals surface area contributed by atoms with Gasteiger partial charge in [-0.05, 0) is 24.6 Å². The van der Waals surface area contributed by atoms with Gasteiger partial charge < -0.3 is 15.2 Å². The van der Waals surface area contributed by atoms with Gasteiger partial charge in [0.25, 0.3) is 0 Å². The van der Waals surface area contributed by atoms with E-state index in [-0.39, 0.29) is 19.0 Å². The Morgan fingerprint density at radius 1 is 1.38 bits per heavy atom. The molecule has 2 N–H and O–H groups in total. The molecule has 0 saturated carbocycles. The van der Waals surface area contributed by atoms with Crippen LogP contribution in [0.25, 0.3) is 0 Å². The zero-order valence-corrected chi connectivity index (χ0v) is 14.4. The van der Waals surface area contributed by atoms with Crippen molar-refractivity contribution in [1.29, 1.82) is 0 Å². The Balaban J connectivity index is 1.63. The number of carbonyl (C=O) groups is 2. The van der Waals surface area contributed by atoms with Crippen LogP contribution in [0, 0.1) is 0 Å². The Bertz CT molecular complexity index is 704. The minimum atomic E-state index is -0.999. The molecule has 0 aliphatic heterocycles. The molecule has 0 radical (unpaired) electrons. The summed E-state index contributed by atoms with van der Waals surface area (Å²) in [5.74, 6) is -0.374. The standard InChI is InChI=1S/C15H17BrN4O4/c16-11-3-1-4-13(7-11)24-6-2-5-14(21)17-8-12-9-20(19-18-12)10-15(22)23/h1,3-4,7,9H,2,5-6,8,10H2,(H,17,21)(H,22,23). The van der Waals surface area contributed by atoms with E-state index in [1.54, 1.807) is 0 Å². The molecule has 0 fully saturated rings. The number of amides is 1. The van der Waals surface area contributed by atoms with Crippen LogP contribution >= 0.6 is 15.9 Å². The van der Waals surface area contributed by atoms with Crippen LogP contribution in [0.5, 0.6) is 5.75 Å². The molecule has 128 valence electrons. The second-order valence-corrected chi connectivity index (χ2v) is 5.90. The van der Waals surface area contributed by atoms with E-state index in [2.05, 4.69) is 31.6 Å². The highest BCUT2D eigenvalue weighted by Gasteiger charge is 2.06. The molecule has 9 heteroatoms. The molecule has 2 aromatic rings. The van der Waals surface area contributed by atoms with E-state index in [0.717, 1.165) is 10.2 Å².